The van der Waals surface area contributed by atoms with E-state index in [4.69, 9.17) is 10.3 Å². The first kappa shape index (κ1) is 12.6. The van der Waals surface area contributed by atoms with Crippen molar-refractivity contribution in [3.63, 3.8) is 0 Å². The summed E-state index contributed by atoms with van der Waals surface area (Å²) in [6.45, 7) is 2.23. The van der Waals surface area contributed by atoms with Crippen LogP contribution >= 0.6 is 0 Å². The number of nitrogens with two attached hydrogens (primary N) is 1. The Hall–Kier alpha value is -1.39. The average Bonchev–Trinajstić information content (AvgIpc) is 2.96. The van der Waals surface area contributed by atoms with Gasteiger partial charge in [-0.3, -0.25) is 5.84 Å². The Kier molecular flexibility index (Phi) is 3.07. The summed E-state index contributed by atoms with van der Waals surface area (Å²) in [4.78, 5) is 0. The molecule has 0 spiro atoms. The molecule has 1 fully saturated rings. The van der Waals surface area contributed by atoms with Crippen LogP contribution in [0.5, 0.6) is 0 Å². The smallest absolute Gasteiger partial charge is 0.134 e. The molecule has 3 N–H and O–H groups in total. The van der Waals surface area contributed by atoms with Crippen molar-refractivity contribution in [2.45, 2.75) is 38.6 Å². The monoisotopic (exact) mass is 262 g/mol. The first-order chi connectivity index (χ1) is 9.12. The Morgan fingerprint density at radius 3 is 2.74 bits per heavy atom. The van der Waals surface area contributed by atoms with Gasteiger partial charge in [-0.25, -0.2) is 9.82 Å². The minimum atomic E-state index is -0.246. The van der Waals surface area contributed by atoms with Gasteiger partial charge in [-0.1, -0.05) is 19.8 Å². The molecule has 1 saturated carbocycles. The molecular formula is C15H19FN2O. The van der Waals surface area contributed by atoms with Crippen LogP contribution in [0.4, 0.5) is 4.39 Å². The number of benzene rings is 1. The van der Waals surface area contributed by atoms with Crippen molar-refractivity contribution in [1.29, 1.82) is 0 Å². The Morgan fingerprint density at radius 2 is 2.05 bits per heavy atom. The van der Waals surface area contributed by atoms with Crippen LogP contribution in [-0.2, 0) is 0 Å². The highest BCUT2D eigenvalue weighted by Crippen LogP contribution is 2.47. The normalized spacial score (nSPS) is 19.9. The molecule has 0 radical (unpaired) electrons. The van der Waals surface area contributed by atoms with Crippen molar-refractivity contribution in [1.82, 2.24) is 5.43 Å². The second-order valence-corrected chi connectivity index (χ2v) is 5.79. The summed E-state index contributed by atoms with van der Waals surface area (Å²) < 4.78 is 19.1. The largest absolute Gasteiger partial charge is 0.459 e. The van der Waals surface area contributed by atoms with Crippen molar-refractivity contribution in [3.8, 4) is 0 Å². The molecule has 0 saturated heterocycles. The van der Waals surface area contributed by atoms with E-state index in [1.165, 1.54) is 25.0 Å². The van der Waals surface area contributed by atoms with Crippen molar-refractivity contribution in [3.05, 3.63) is 35.8 Å². The molecule has 4 heteroatoms. The quantitative estimate of drug-likeness (QED) is 0.655. The predicted molar refractivity (Wildman–Crippen MR) is 72.8 cm³/mol. The number of rotatable bonds is 3. The van der Waals surface area contributed by atoms with E-state index in [-0.39, 0.29) is 17.3 Å². The van der Waals surface area contributed by atoms with Crippen LogP contribution < -0.4 is 11.3 Å². The molecular weight excluding hydrogens is 243 g/mol. The lowest BCUT2D eigenvalue weighted by molar-refractivity contribution is 0.200. The average molecular weight is 262 g/mol. The molecule has 1 aromatic carbocycles. The first-order valence-electron chi connectivity index (χ1n) is 6.77. The van der Waals surface area contributed by atoms with E-state index in [0.29, 0.717) is 5.58 Å². The summed E-state index contributed by atoms with van der Waals surface area (Å²) >= 11 is 0. The highest BCUT2D eigenvalue weighted by molar-refractivity contribution is 5.78. The zero-order valence-corrected chi connectivity index (χ0v) is 11.1. The molecule has 1 unspecified atom stereocenters. The van der Waals surface area contributed by atoms with Gasteiger partial charge in [0.25, 0.3) is 0 Å². The lowest BCUT2D eigenvalue weighted by Crippen LogP contribution is -2.38. The van der Waals surface area contributed by atoms with Gasteiger partial charge in [0.1, 0.15) is 17.2 Å². The number of hydrazine groups is 1. The molecule has 1 aliphatic carbocycles. The van der Waals surface area contributed by atoms with Gasteiger partial charge in [-0.05, 0) is 42.5 Å². The topological polar surface area (TPSA) is 51.2 Å². The Balaban J connectivity index is 2.01. The molecule has 1 heterocycles. The third kappa shape index (κ3) is 2.15. The fourth-order valence-corrected chi connectivity index (χ4v) is 3.28. The van der Waals surface area contributed by atoms with Crippen LogP contribution in [-0.4, -0.2) is 0 Å². The maximum atomic E-state index is 13.2. The van der Waals surface area contributed by atoms with Gasteiger partial charge in [-0.2, -0.15) is 0 Å². The van der Waals surface area contributed by atoms with E-state index in [1.54, 1.807) is 6.07 Å². The summed E-state index contributed by atoms with van der Waals surface area (Å²) in [7, 11) is 0. The number of furan rings is 1. The van der Waals surface area contributed by atoms with Gasteiger partial charge in [0.15, 0.2) is 0 Å². The lowest BCUT2D eigenvalue weighted by atomic mass is 9.80. The second kappa shape index (κ2) is 4.62. The van der Waals surface area contributed by atoms with Gasteiger partial charge in [0.2, 0.25) is 0 Å². The maximum Gasteiger partial charge on any atom is 0.134 e. The summed E-state index contributed by atoms with van der Waals surface area (Å²) in [6.07, 6.45) is 4.72. The number of hydrogen-bond donors (Lipinski definition) is 2. The molecule has 0 bridgehead atoms. The van der Waals surface area contributed by atoms with E-state index in [2.05, 4.69) is 12.3 Å². The van der Waals surface area contributed by atoms with Gasteiger partial charge in [0.05, 0.1) is 6.04 Å². The van der Waals surface area contributed by atoms with Gasteiger partial charge < -0.3 is 4.42 Å². The van der Waals surface area contributed by atoms with Crippen LogP contribution in [0.25, 0.3) is 11.0 Å². The highest BCUT2D eigenvalue weighted by atomic mass is 19.1. The van der Waals surface area contributed by atoms with Gasteiger partial charge >= 0.3 is 0 Å². The molecule has 2 aromatic rings. The van der Waals surface area contributed by atoms with Crippen LogP contribution in [0.2, 0.25) is 0 Å². The predicted octanol–water partition coefficient (Wildman–Crippen LogP) is 3.66. The minimum Gasteiger partial charge on any atom is -0.459 e. The molecule has 3 nitrogen and oxygen atoms in total. The van der Waals surface area contributed by atoms with Gasteiger partial charge in [0, 0.05) is 5.39 Å². The maximum absolute atomic E-state index is 13.2. The molecule has 0 amide bonds. The van der Waals surface area contributed by atoms with E-state index in [0.717, 1.165) is 24.0 Å². The van der Waals surface area contributed by atoms with E-state index < -0.39 is 0 Å². The van der Waals surface area contributed by atoms with Crippen LogP contribution in [0.1, 0.15) is 44.4 Å². The fraction of sp³-hybridized carbons (Fsp3) is 0.467. The lowest BCUT2D eigenvalue weighted by Gasteiger charge is -2.31. The van der Waals surface area contributed by atoms with Crippen molar-refractivity contribution < 1.29 is 8.81 Å². The zero-order chi connectivity index (χ0) is 13.5. The van der Waals surface area contributed by atoms with Crippen LogP contribution in [0, 0.1) is 11.2 Å². The second-order valence-electron chi connectivity index (χ2n) is 5.79. The molecule has 1 atom stereocenters. The highest BCUT2D eigenvalue weighted by Gasteiger charge is 2.39. The van der Waals surface area contributed by atoms with Crippen molar-refractivity contribution >= 4 is 11.0 Å². The Morgan fingerprint density at radius 1 is 1.32 bits per heavy atom. The Labute approximate surface area is 111 Å². The van der Waals surface area contributed by atoms with Crippen LogP contribution in [0.3, 0.4) is 0 Å². The molecule has 3 rings (SSSR count). The van der Waals surface area contributed by atoms with Crippen LogP contribution in [0.15, 0.2) is 28.7 Å². The number of halogens is 1. The van der Waals surface area contributed by atoms with Crippen molar-refractivity contribution in [2.24, 2.45) is 11.3 Å². The summed E-state index contributed by atoms with van der Waals surface area (Å²) in [6, 6.07) is 6.45. The third-order valence-electron chi connectivity index (χ3n) is 4.39. The molecule has 19 heavy (non-hydrogen) atoms. The van der Waals surface area contributed by atoms with Crippen molar-refractivity contribution in [2.75, 3.05) is 0 Å². The zero-order valence-electron chi connectivity index (χ0n) is 11.1. The minimum absolute atomic E-state index is 0.0227. The Bertz CT molecular complexity index is 587. The molecule has 102 valence electrons. The molecule has 1 aromatic heterocycles. The summed E-state index contributed by atoms with van der Waals surface area (Å²) in [5, 5.41) is 0.789. The number of fused-ring (bicyclic) bond motifs is 1. The molecule has 1 aliphatic rings. The SMILES string of the molecule is CC1(C(NN)c2cc3cc(F)ccc3o2)CCCC1. The van der Waals surface area contributed by atoms with E-state index in [9.17, 15) is 4.39 Å². The summed E-state index contributed by atoms with van der Waals surface area (Å²) in [5.74, 6) is 6.29. The van der Waals surface area contributed by atoms with E-state index >= 15 is 0 Å². The third-order valence-corrected chi connectivity index (χ3v) is 4.39. The van der Waals surface area contributed by atoms with E-state index in [1.807, 2.05) is 6.07 Å². The molecule has 0 aliphatic heterocycles. The number of hydrogen-bond acceptors (Lipinski definition) is 3. The standard InChI is InChI=1S/C15H19FN2O/c1-15(6-2-3-7-15)14(18-17)13-9-10-8-11(16)4-5-12(10)19-13/h4-5,8-9,14,18H,2-3,6-7,17H2,1H3. The number of nitrogens with one attached hydrogen (secondary N) is 1. The summed E-state index contributed by atoms with van der Waals surface area (Å²) in [5.41, 5.74) is 3.71. The van der Waals surface area contributed by atoms with Gasteiger partial charge in [-0.15, -0.1) is 0 Å². The fourth-order valence-electron chi connectivity index (χ4n) is 3.28. The first-order valence-corrected chi connectivity index (χ1v) is 6.77.